The van der Waals surface area contributed by atoms with Crippen LogP contribution in [0, 0.1) is 0 Å². The van der Waals surface area contributed by atoms with E-state index in [4.69, 9.17) is 0 Å². The number of rotatable bonds is 3. The van der Waals surface area contributed by atoms with Gasteiger partial charge in [-0.05, 0) is 24.6 Å². The predicted molar refractivity (Wildman–Crippen MR) is 106 cm³/mol. The highest BCUT2D eigenvalue weighted by Gasteiger charge is 2.43. The summed E-state index contributed by atoms with van der Waals surface area (Å²) in [6, 6.07) is 16.4. The minimum atomic E-state index is -0.929. The second-order valence-electron chi connectivity index (χ2n) is 7.08. The molecule has 4 rings (SSSR count). The zero-order valence-electron chi connectivity index (χ0n) is 15.6. The Morgan fingerprint density at radius 2 is 1.86 bits per heavy atom. The number of piperidine rings is 1. The molecule has 2 aromatic carbocycles. The van der Waals surface area contributed by atoms with Crippen LogP contribution in [0.4, 0.5) is 0 Å². The van der Waals surface area contributed by atoms with Gasteiger partial charge in [0, 0.05) is 19.0 Å². The Bertz CT molecular complexity index is 1080. The summed E-state index contributed by atoms with van der Waals surface area (Å²) in [5.41, 5.74) is -0.182. The summed E-state index contributed by atoms with van der Waals surface area (Å²) in [6.45, 7) is 1.03. The molecule has 7 nitrogen and oxygen atoms in total. The van der Waals surface area contributed by atoms with Crippen molar-refractivity contribution in [2.45, 2.75) is 18.1 Å². The molecule has 7 heteroatoms. The van der Waals surface area contributed by atoms with E-state index in [0.29, 0.717) is 30.3 Å². The molecule has 28 heavy (non-hydrogen) atoms. The van der Waals surface area contributed by atoms with Gasteiger partial charge in [-0.25, -0.2) is 4.68 Å². The molecule has 2 atom stereocenters. The Kier molecular flexibility index (Phi) is 4.70. The number of hydrogen-bond donors (Lipinski definition) is 3. The molecule has 0 aliphatic carbocycles. The molecule has 0 unspecified atom stereocenters. The number of aliphatic hydroxyl groups is 1. The van der Waals surface area contributed by atoms with Gasteiger partial charge in [0.15, 0.2) is 5.69 Å². The van der Waals surface area contributed by atoms with Gasteiger partial charge in [-0.1, -0.05) is 48.5 Å². The van der Waals surface area contributed by atoms with E-state index in [2.05, 4.69) is 15.7 Å². The predicted octanol–water partition coefficient (Wildman–Crippen LogP) is 0.913. The summed E-state index contributed by atoms with van der Waals surface area (Å²) >= 11 is 0. The van der Waals surface area contributed by atoms with E-state index in [1.807, 2.05) is 30.3 Å². The van der Waals surface area contributed by atoms with Crippen LogP contribution in [0.5, 0.6) is 0 Å². The van der Waals surface area contributed by atoms with Crippen LogP contribution in [-0.2, 0) is 12.6 Å². The molecular formula is C21H22N4O3. The van der Waals surface area contributed by atoms with Gasteiger partial charge < -0.3 is 15.7 Å². The SMILES string of the molecule is Cn1nc(C(=O)N[C@]2(c3ccccc3)CCNC[C@H]2O)c2ccccc2c1=O. The first-order chi connectivity index (χ1) is 13.5. The molecule has 2 heterocycles. The van der Waals surface area contributed by atoms with Crippen LogP contribution in [0.2, 0.25) is 0 Å². The van der Waals surface area contributed by atoms with Gasteiger partial charge in [0.05, 0.1) is 17.0 Å². The zero-order valence-corrected chi connectivity index (χ0v) is 15.6. The molecule has 1 aliphatic rings. The normalized spacial score (nSPS) is 22.1. The molecule has 1 saturated heterocycles. The zero-order chi connectivity index (χ0) is 19.7. The fraction of sp³-hybridized carbons (Fsp3) is 0.286. The second-order valence-corrected chi connectivity index (χ2v) is 7.08. The monoisotopic (exact) mass is 378 g/mol. The van der Waals surface area contributed by atoms with Crippen LogP contribution in [0.25, 0.3) is 10.8 Å². The fourth-order valence-corrected chi connectivity index (χ4v) is 3.88. The highest BCUT2D eigenvalue weighted by atomic mass is 16.3. The van der Waals surface area contributed by atoms with Gasteiger partial charge in [-0.15, -0.1) is 0 Å². The highest BCUT2D eigenvalue weighted by molar-refractivity contribution is 6.05. The molecule has 0 radical (unpaired) electrons. The summed E-state index contributed by atoms with van der Waals surface area (Å²) in [4.78, 5) is 25.6. The number of fused-ring (bicyclic) bond motifs is 1. The average Bonchev–Trinajstić information content (AvgIpc) is 2.73. The molecule has 1 amide bonds. The minimum Gasteiger partial charge on any atom is -0.389 e. The lowest BCUT2D eigenvalue weighted by molar-refractivity contribution is 0.0288. The number of hydrogen-bond acceptors (Lipinski definition) is 5. The van der Waals surface area contributed by atoms with E-state index in [1.165, 1.54) is 11.7 Å². The molecule has 1 fully saturated rings. The quantitative estimate of drug-likeness (QED) is 0.630. The molecule has 3 N–H and O–H groups in total. The van der Waals surface area contributed by atoms with Crippen LogP contribution < -0.4 is 16.2 Å². The molecule has 0 saturated carbocycles. The Balaban J connectivity index is 1.81. The highest BCUT2D eigenvalue weighted by Crippen LogP contribution is 2.31. The van der Waals surface area contributed by atoms with Crippen molar-refractivity contribution < 1.29 is 9.90 Å². The maximum Gasteiger partial charge on any atom is 0.274 e. The Morgan fingerprint density at radius 3 is 2.57 bits per heavy atom. The number of β-amino-alcohol motifs (C(OH)–C–C–N with tert-alkyl or cyclic N) is 1. The van der Waals surface area contributed by atoms with Crippen molar-refractivity contribution in [2.24, 2.45) is 7.05 Å². The van der Waals surface area contributed by atoms with Crippen LogP contribution >= 0.6 is 0 Å². The standard InChI is InChI=1S/C21H22N4O3/c1-25-20(28)16-10-6-5-9-15(16)18(24-25)19(27)23-21(11-12-22-13-17(21)26)14-7-3-2-4-8-14/h2-10,17,22,26H,11-13H2,1H3,(H,23,27)/t17-,21+/m1/s1. The lowest BCUT2D eigenvalue weighted by Crippen LogP contribution is -2.61. The molecule has 1 aliphatic heterocycles. The number of aliphatic hydroxyl groups excluding tert-OH is 1. The number of carbonyl (C=O) groups is 1. The van der Waals surface area contributed by atoms with Crippen molar-refractivity contribution in [1.82, 2.24) is 20.4 Å². The number of benzene rings is 2. The lowest BCUT2D eigenvalue weighted by Gasteiger charge is -2.42. The number of nitrogens with one attached hydrogen (secondary N) is 2. The van der Waals surface area contributed by atoms with E-state index in [-0.39, 0.29) is 11.3 Å². The lowest BCUT2D eigenvalue weighted by atomic mass is 9.79. The first-order valence-corrected chi connectivity index (χ1v) is 9.26. The first kappa shape index (κ1) is 18.3. The number of carbonyl (C=O) groups excluding carboxylic acids is 1. The third-order valence-corrected chi connectivity index (χ3v) is 5.40. The summed E-state index contributed by atoms with van der Waals surface area (Å²) in [5, 5.41) is 22.2. The van der Waals surface area contributed by atoms with Crippen LogP contribution in [-0.4, -0.2) is 40.0 Å². The molecule has 0 spiro atoms. The summed E-state index contributed by atoms with van der Waals surface area (Å²) < 4.78 is 1.17. The Labute approximate surface area is 162 Å². The van der Waals surface area contributed by atoms with Crippen molar-refractivity contribution >= 4 is 16.7 Å². The van der Waals surface area contributed by atoms with Crippen molar-refractivity contribution in [2.75, 3.05) is 13.1 Å². The maximum absolute atomic E-state index is 13.3. The van der Waals surface area contributed by atoms with E-state index in [9.17, 15) is 14.7 Å². The number of aryl methyl sites for hydroxylation is 1. The average molecular weight is 378 g/mol. The van der Waals surface area contributed by atoms with Gasteiger partial charge in [0.2, 0.25) is 0 Å². The molecule has 0 bridgehead atoms. The van der Waals surface area contributed by atoms with Gasteiger partial charge in [0.1, 0.15) is 0 Å². The molecular weight excluding hydrogens is 356 g/mol. The molecule has 144 valence electrons. The van der Waals surface area contributed by atoms with Crippen LogP contribution in [0.1, 0.15) is 22.5 Å². The number of nitrogens with zero attached hydrogens (tertiary/aromatic N) is 2. The Morgan fingerprint density at radius 1 is 1.18 bits per heavy atom. The first-order valence-electron chi connectivity index (χ1n) is 9.26. The smallest absolute Gasteiger partial charge is 0.274 e. The fourth-order valence-electron chi connectivity index (χ4n) is 3.88. The van der Waals surface area contributed by atoms with Crippen molar-refractivity contribution in [3.05, 3.63) is 76.2 Å². The van der Waals surface area contributed by atoms with Crippen molar-refractivity contribution in [3.63, 3.8) is 0 Å². The Hall–Kier alpha value is -3.03. The van der Waals surface area contributed by atoms with Gasteiger partial charge in [0.25, 0.3) is 11.5 Å². The second kappa shape index (κ2) is 7.18. The van der Waals surface area contributed by atoms with E-state index in [0.717, 1.165) is 5.56 Å². The van der Waals surface area contributed by atoms with Gasteiger partial charge in [-0.3, -0.25) is 9.59 Å². The van der Waals surface area contributed by atoms with E-state index < -0.39 is 17.6 Å². The third kappa shape index (κ3) is 2.98. The third-order valence-electron chi connectivity index (χ3n) is 5.40. The topological polar surface area (TPSA) is 96.2 Å². The summed E-state index contributed by atoms with van der Waals surface area (Å²) in [5.74, 6) is -0.420. The molecule has 3 aromatic rings. The van der Waals surface area contributed by atoms with Crippen LogP contribution in [0.15, 0.2) is 59.4 Å². The molecule has 1 aromatic heterocycles. The van der Waals surface area contributed by atoms with E-state index >= 15 is 0 Å². The maximum atomic E-state index is 13.3. The van der Waals surface area contributed by atoms with Gasteiger partial charge in [-0.2, -0.15) is 5.10 Å². The van der Waals surface area contributed by atoms with Crippen LogP contribution in [0.3, 0.4) is 0 Å². The largest absolute Gasteiger partial charge is 0.389 e. The number of amides is 1. The minimum absolute atomic E-state index is 0.165. The summed E-state index contributed by atoms with van der Waals surface area (Å²) in [6.07, 6.45) is -0.264. The van der Waals surface area contributed by atoms with Crippen molar-refractivity contribution in [1.29, 1.82) is 0 Å². The van der Waals surface area contributed by atoms with Gasteiger partial charge >= 0.3 is 0 Å². The summed E-state index contributed by atoms with van der Waals surface area (Å²) in [7, 11) is 1.53. The van der Waals surface area contributed by atoms with E-state index in [1.54, 1.807) is 24.3 Å². The van der Waals surface area contributed by atoms with Crippen molar-refractivity contribution in [3.8, 4) is 0 Å². The number of aromatic nitrogens is 2.